The lowest BCUT2D eigenvalue weighted by molar-refractivity contribution is -0.119. The monoisotopic (exact) mass is 391 g/mol. The Balaban J connectivity index is 1.60. The largest absolute Gasteiger partial charge is 0.454 e. The summed E-state index contributed by atoms with van der Waals surface area (Å²) in [5.41, 5.74) is 0.734. The summed E-state index contributed by atoms with van der Waals surface area (Å²) < 4.78 is 31.5. The van der Waals surface area contributed by atoms with E-state index in [1.54, 1.807) is 24.3 Å². The van der Waals surface area contributed by atoms with Crippen molar-refractivity contribution in [1.82, 2.24) is 24.9 Å². The van der Waals surface area contributed by atoms with E-state index in [1.165, 1.54) is 25.8 Å². The highest BCUT2D eigenvalue weighted by atomic mass is 32.2. The minimum Gasteiger partial charge on any atom is -0.454 e. The molecule has 142 valence electrons. The van der Waals surface area contributed by atoms with Gasteiger partial charge in [0, 0.05) is 13.6 Å². The fourth-order valence-corrected chi connectivity index (χ4v) is 3.66. The second-order valence-electron chi connectivity index (χ2n) is 5.87. The van der Waals surface area contributed by atoms with Crippen molar-refractivity contribution >= 4 is 22.0 Å². The lowest BCUT2D eigenvalue weighted by atomic mass is 10.2. The lowest BCUT2D eigenvalue weighted by Crippen LogP contribution is -2.41. The van der Waals surface area contributed by atoms with Crippen molar-refractivity contribution in [2.75, 3.05) is 12.8 Å². The van der Waals surface area contributed by atoms with Crippen LogP contribution in [0.15, 0.2) is 43.0 Å². The van der Waals surface area contributed by atoms with Crippen molar-refractivity contribution in [3.8, 4) is 11.5 Å². The summed E-state index contributed by atoms with van der Waals surface area (Å²) in [6, 6.07) is 5.08. The molecule has 1 unspecified atom stereocenters. The number of nitrogens with zero attached hydrogens (tertiary/aromatic N) is 3. The number of sulfonamides is 1. The predicted molar refractivity (Wildman–Crippen MR) is 94.3 cm³/mol. The number of urea groups is 1. The molecule has 11 heteroatoms. The average molecular weight is 391 g/mol. The second kappa shape index (κ2) is 7.68. The molecule has 0 radical (unpaired) electrons. The van der Waals surface area contributed by atoms with Crippen molar-refractivity contribution in [3.05, 3.63) is 48.5 Å². The molecule has 1 aliphatic heterocycles. The highest BCUT2D eigenvalue weighted by Crippen LogP contribution is 2.20. The maximum absolute atomic E-state index is 12.4. The zero-order valence-corrected chi connectivity index (χ0v) is 15.1. The van der Waals surface area contributed by atoms with E-state index in [1.807, 2.05) is 5.32 Å². The molecule has 1 aromatic heterocycles. The fourth-order valence-electron chi connectivity index (χ4n) is 2.41. The van der Waals surface area contributed by atoms with E-state index in [9.17, 15) is 18.0 Å². The van der Waals surface area contributed by atoms with Gasteiger partial charge in [-0.25, -0.2) is 27.5 Å². The normalized spacial score (nSPS) is 16.9. The molecule has 2 aromatic rings. The smallest absolute Gasteiger partial charge is 0.322 e. The first kappa shape index (κ1) is 18.7. The molecule has 2 heterocycles. The first-order valence-corrected chi connectivity index (χ1v) is 9.51. The van der Waals surface area contributed by atoms with Gasteiger partial charge in [-0.05, 0) is 17.7 Å². The van der Waals surface area contributed by atoms with Crippen LogP contribution in [-0.2, 0) is 21.4 Å². The SMILES string of the molecule is CN(Cc1ccc(Oc2cncnc2)cc1)S(=O)(=O)CC1NC(=O)NC1=O. The molecule has 0 bridgehead atoms. The minimum atomic E-state index is -3.75. The quantitative estimate of drug-likeness (QED) is 0.646. The van der Waals surface area contributed by atoms with Crippen molar-refractivity contribution in [1.29, 1.82) is 0 Å². The van der Waals surface area contributed by atoms with Gasteiger partial charge in [0.15, 0.2) is 5.75 Å². The topological polar surface area (TPSA) is 131 Å². The van der Waals surface area contributed by atoms with Gasteiger partial charge in [-0.15, -0.1) is 0 Å². The number of ether oxygens (including phenoxy) is 1. The molecule has 3 amide bonds. The van der Waals surface area contributed by atoms with E-state index in [4.69, 9.17) is 4.74 Å². The van der Waals surface area contributed by atoms with Gasteiger partial charge in [-0.1, -0.05) is 12.1 Å². The Bertz CT molecular complexity index is 933. The highest BCUT2D eigenvalue weighted by molar-refractivity contribution is 7.89. The molecule has 0 saturated carbocycles. The maximum Gasteiger partial charge on any atom is 0.322 e. The molecular weight excluding hydrogens is 374 g/mol. The number of hydrogen-bond donors (Lipinski definition) is 2. The molecule has 2 N–H and O–H groups in total. The number of amides is 3. The maximum atomic E-state index is 12.4. The van der Waals surface area contributed by atoms with Crippen molar-refractivity contribution in [3.63, 3.8) is 0 Å². The molecule has 3 rings (SSSR count). The lowest BCUT2D eigenvalue weighted by Gasteiger charge is -2.19. The Morgan fingerprint density at radius 1 is 1.11 bits per heavy atom. The molecule has 1 atom stereocenters. The minimum absolute atomic E-state index is 0.110. The average Bonchev–Trinajstić information content (AvgIpc) is 2.94. The molecule has 1 saturated heterocycles. The van der Waals surface area contributed by atoms with Crippen LogP contribution >= 0.6 is 0 Å². The van der Waals surface area contributed by atoms with Crippen molar-refractivity contribution in [2.45, 2.75) is 12.6 Å². The van der Waals surface area contributed by atoms with Gasteiger partial charge in [0.1, 0.15) is 18.1 Å². The molecule has 0 spiro atoms. The number of aromatic nitrogens is 2. The van der Waals surface area contributed by atoms with Crippen LogP contribution in [-0.4, -0.2) is 53.5 Å². The van der Waals surface area contributed by atoms with Crippen LogP contribution in [0.3, 0.4) is 0 Å². The van der Waals surface area contributed by atoms with E-state index in [0.717, 1.165) is 9.87 Å². The third-order valence-corrected chi connectivity index (χ3v) is 5.65. The Morgan fingerprint density at radius 2 is 1.78 bits per heavy atom. The summed E-state index contributed by atoms with van der Waals surface area (Å²) >= 11 is 0. The Kier molecular flexibility index (Phi) is 5.33. The first-order valence-electron chi connectivity index (χ1n) is 7.91. The molecule has 1 aromatic carbocycles. The van der Waals surface area contributed by atoms with Crippen LogP contribution in [0.25, 0.3) is 0 Å². The Morgan fingerprint density at radius 3 is 2.37 bits per heavy atom. The van der Waals surface area contributed by atoms with E-state index >= 15 is 0 Å². The van der Waals surface area contributed by atoms with Gasteiger partial charge in [-0.2, -0.15) is 0 Å². The summed E-state index contributed by atoms with van der Waals surface area (Å²) in [5, 5.41) is 4.29. The van der Waals surface area contributed by atoms with Crippen LogP contribution in [0.4, 0.5) is 4.79 Å². The van der Waals surface area contributed by atoms with Crippen LogP contribution in [0.2, 0.25) is 0 Å². The third kappa shape index (κ3) is 4.77. The summed E-state index contributed by atoms with van der Waals surface area (Å²) in [6.07, 6.45) is 4.45. The zero-order valence-electron chi connectivity index (χ0n) is 14.3. The Labute approximate surface area is 155 Å². The highest BCUT2D eigenvalue weighted by Gasteiger charge is 2.35. The van der Waals surface area contributed by atoms with Gasteiger partial charge in [0.05, 0.1) is 18.1 Å². The second-order valence-corrected chi connectivity index (χ2v) is 7.99. The molecule has 1 aliphatic rings. The van der Waals surface area contributed by atoms with Crippen LogP contribution < -0.4 is 15.4 Å². The summed E-state index contributed by atoms with van der Waals surface area (Å²) in [5.74, 6) is -0.106. The van der Waals surface area contributed by atoms with E-state index in [2.05, 4.69) is 15.3 Å². The number of benzene rings is 1. The molecule has 27 heavy (non-hydrogen) atoms. The Hall–Kier alpha value is -3.05. The van der Waals surface area contributed by atoms with Gasteiger partial charge in [-0.3, -0.25) is 10.1 Å². The van der Waals surface area contributed by atoms with E-state index in [0.29, 0.717) is 11.5 Å². The summed E-state index contributed by atoms with van der Waals surface area (Å²) in [6.45, 7) is 0.110. The number of hydrogen-bond acceptors (Lipinski definition) is 7. The van der Waals surface area contributed by atoms with Gasteiger partial charge in [0.25, 0.3) is 5.91 Å². The van der Waals surface area contributed by atoms with Crippen LogP contribution in [0.1, 0.15) is 5.56 Å². The third-order valence-electron chi connectivity index (χ3n) is 3.81. The van der Waals surface area contributed by atoms with Crippen molar-refractivity contribution < 1.29 is 22.7 Å². The summed E-state index contributed by atoms with van der Waals surface area (Å²) in [7, 11) is -2.33. The van der Waals surface area contributed by atoms with Crippen LogP contribution in [0, 0.1) is 0 Å². The number of nitrogens with one attached hydrogen (secondary N) is 2. The van der Waals surface area contributed by atoms with Gasteiger partial charge in [0.2, 0.25) is 10.0 Å². The molecule has 1 fully saturated rings. The number of carbonyl (C=O) groups is 2. The predicted octanol–water partition coefficient (Wildman–Crippen LogP) is 0.239. The first-order chi connectivity index (χ1) is 12.8. The number of imide groups is 1. The number of carbonyl (C=O) groups excluding carboxylic acids is 2. The van der Waals surface area contributed by atoms with Crippen molar-refractivity contribution in [2.24, 2.45) is 0 Å². The summed E-state index contributed by atoms with van der Waals surface area (Å²) in [4.78, 5) is 30.3. The molecule has 10 nitrogen and oxygen atoms in total. The van der Waals surface area contributed by atoms with Gasteiger partial charge < -0.3 is 10.1 Å². The fraction of sp³-hybridized carbons (Fsp3) is 0.250. The standard InChI is InChI=1S/C16H17N5O5S/c1-21(27(24,25)9-14-15(22)20-16(23)19-14)8-11-2-4-12(5-3-11)26-13-6-17-10-18-7-13/h2-7,10,14H,8-9H2,1H3,(H2,19,20,22,23). The molecular formula is C16H17N5O5S. The van der Waals surface area contributed by atoms with E-state index < -0.39 is 33.8 Å². The van der Waals surface area contributed by atoms with Crippen LogP contribution in [0.5, 0.6) is 11.5 Å². The zero-order chi connectivity index (χ0) is 19.4. The van der Waals surface area contributed by atoms with Gasteiger partial charge >= 0.3 is 6.03 Å². The number of rotatable bonds is 7. The van der Waals surface area contributed by atoms with E-state index in [-0.39, 0.29) is 6.54 Å². The molecule has 0 aliphatic carbocycles.